The molecule has 3 heterocycles. The summed E-state index contributed by atoms with van der Waals surface area (Å²) in [5.74, 6) is -0.622. The van der Waals surface area contributed by atoms with E-state index in [0.717, 1.165) is 46.6 Å². The van der Waals surface area contributed by atoms with Crippen molar-refractivity contribution in [3.8, 4) is 0 Å². The van der Waals surface area contributed by atoms with Crippen LogP contribution < -0.4 is 0 Å². The van der Waals surface area contributed by atoms with E-state index in [1.54, 1.807) is 12.1 Å². The van der Waals surface area contributed by atoms with Crippen LogP contribution in [0.5, 0.6) is 0 Å². The van der Waals surface area contributed by atoms with Crippen molar-refractivity contribution in [2.24, 2.45) is 0 Å². The van der Waals surface area contributed by atoms with E-state index in [4.69, 9.17) is 9.84 Å². The van der Waals surface area contributed by atoms with Crippen molar-refractivity contribution in [3.63, 3.8) is 0 Å². The Labute approximate surface area is 187 Å². The summed E-state index contributed by atoms with van der Waals surface area (Å²) in [7, 11) is 0. The van der Waals surface area contributed by atoms with Gasteiger partial charge in [-0.2, -0.15) is 0 Å². The normalized spacial score (nSPS) is 18.2. The number of carboxylic acids is 1. The molecule has 1 aliphatic heterocycles. The van der Waals surface area contributed by atoms with Gasteiger partial charge in [-0.25, -0.2) is 9.37 Å². The first-order valence-electron chi connectivity index (χ1n) is 10.1. The number of carbonyl (C=O) groups is 1. The summed E-state index contributed by atoms with van der Waals surface area (Å²) in [6.07, 6.45) is 4.50. The van der Waals surface area contributed by atoms with E-state index in [-0.39, 0.29) is 23.8 Å². The lowest BCUT2D eigenvalue weighted by molar-refractivity contribution is -0.133. The lowest BCUT2D eigenvalue weighted by Crippen LogP contribution is -2.02. The number of halogens is 1. The number of hydrogen-bond acceptors (Lipinski definition) is 5. The molecular weight excluding hydrogens is 431 g/mol. The van der Waals surface area contributed by atoms with E-state index >= 15 is 0 Å². The number of nitrogens with one attached hydrogen (secondary N) is 1. The topological polar surface area (TPSA) is 93.0 Å². The van der Waals surface area contributed by atoms with Crippen LogP contribution in [0.15, 0.2) is 47.6 Å². The molecule has 0 radical (unpaired) electrons. The van der Waals surface area contributed by atoms with Gasteiger partial charge in [0.1, 0.15) is 11.9 Å². The average molecular weight is 450 g/mol. The molecule has 0 bridgehead atoms. The summed E-state index contributed by atoms with van der Waals surface area (Å²) >= 11 is 1.07. The van der Waals surface area contributed by atoms with Crippen LogP contribution in [0.2, 0.25) is 0 Å². The molecule has 2 aromatic carbocycles. The summed E-state index contributed by atoms with van der Waals surface area (Å²) in [5, 5.41) is 17.1. The second-order valence-corrected chi connectivity index (χ2v) is 8.54. The number of aliphatic carboxylic acids is 1. The highest BCUT2D eigenvalue weighted by molar-refractivity contribution is 7.99. The van der Waals surface area contributed by atoms with Gasteiger partial charge in [-0.1, -0.05) is 30.0 Å². The van der Waals surface area contributed by atoms with Gasteiger partial charge in [0.25, 0.3) is 0 Å². The van der Waals surface area contributed by atoms with E-state index in [1.165, 1.54) is 12.1 Å². The molecule has 0 saturated carbocycles. The molecule has 32 heavy (non-hydrogen) atoms. The van der Waals surface area contributed by atoms with Gasteiger partial charge in [0, 0.05) is 6.20 Å². The van der Waals surface area contributed by atoms with Gasteiger partial charge in [0.2, 0.25) is 5.16 Å². The number of hydrogen-bond donors (Lipinski definition) is 2. The van der Waals surface area contributed by atoms with E-state index in [2.05, 4.69) is 33.5 Å². The third-order valence-electron chi connectivity index (χ3n) is 5.39. The summed E-state index contributed by atoms with van der Waals surface area (Å²) in [6, 6.07) is 15.8. The third-order valence-corrected chi connectivity index (χ3v) is 6.23. The Morgan fingerprint density at radius 3 is 2.88 bits per heavy atom. The van der Waals surface area contributed by atoms with Crippen LogP contribution in [0.1, 0.15) is 42.0 Å². The van der Waals surface area contributed by atoms with Crippen molar-refractivity contribution in [2.75, 3.05) is 5.75 Å². The SMILES string of the molecule is O=C(O)CSc1n[nH]c(C2CCC(c3ccc4c(c#cn4Cc4ccc(F)cc4)c3)O2)n1. The summed E-state index contributed by atoms with van der Waals surface area (Å²) in [5.41, 5.74) is 3.06. The number of ether oxygens (including phenoxy) is 1. The zero-order valence-corrected chi connectivity index (χ0v) is 17.7. The highest BCUT2D eigenvalue weighted by atomic mass is 32.2. The van der Waals surface area contributed by atoms with Crippen molar-refractivity contribution >= 4 is 28.6 Å². The molecule has 2 aromatic heterocycles. The first kappa shape index (κ1) is 20.5. The zero-order valence-electron chi connectivity index (χ0n) is 16.9. The summed E-state index contributed by atoms with van der Waals surface area (Å²) in [4.78, 5) is 15.1. The lowest BCUT2D eigenvalue weighted by atomic mass is 10.0. The standard InChI is InChI=1S/C23H19FN4O3S/c24-17-4-1-14(2-5-17)12-28-10-9-15-11-16(3-6-18(15)28)19-7-8-20(31-19)22-25-23(27-26-22)32-13-21(29)30/h1-6,11,19-20H,7-8,12-13H2,(H,29,30)(H,25,26,27). The van der Waals surface area contributed by atoms with Crippen LogP contribution in [-0.4, -0.2) is 36.6 Å². The Morgan fingerprint density at radius 2 is 2.06 bits per heavy atom. The van der Waals surface area contributed by atoms with Gasteiger partial charge >= 0.3 is 5.97 Å². The van der Waals surface area contributed by atoms with Crippen molar-refractivity contribution in [3.05, 3.63) is 77.5 Å². The molecule has 1 aliphatic rings. The quantitative estimate of drug-likeness (QED) is 0.408. The van der Waals surface area contributed by atoms with Gasteiger partial charge in [-0.3, -0.25) is 14.5 Å². The minimum absolute atomic E-state index is 0.0709. The largest absolute Gasteiger partial charge is 0.481 e. The van der Waals surface area contributed by atoms with Crippen LogP contribution >= 0.6 is 11.8 Å². The first-order valence-corrected chi connectivity index (χ1v) is 11.1. The maximum absolute atomic E-state index is 13.1. The highest BCUT2D eigenvalue weighted by Crippen LogP contribution is 2.40. The number of H-pyrrole nitrogens is 1. The Kier molecular flexibility index (Phi) is 5.55. The fraction of sp³-hybridized carbons (Fsp3) is 0.261. The van der Waals surface area contributed by atoms with Gasteiger partial charge in [-0.15, -0.1) is 5.10 Å². The van der Waals surface area contributed by atoms with Crippen molar-refractivity contribution in [1.82, 2.24) is 19.7 Å². The number of aromatic nitrogens is 4. The average Bonchev–Trinajstić information content (AvgIpc) is 3.53. The smallest absolute Gasteiger partial charge is 0.313 e. The summed E-state index contributed by atoms with van der Waals surface area (Å²) < 4.78 is 21.3. The molecule has 2 unspecified atom stereocenters. The monoisotopic (exact) mass is 450 g/mol. The predicted octanol–water partition coefficient (Wildman–Crippen LogP) is 4.32. The lowest BCUT2D eigenvalue weighted by Gasteiger charge is -2.13. The van der Waals surface area contributed by atoms with Crippen LogP contribution in [0.3, 0.4) is 0 Å². The number of carboxylic acid groups (broad SMARTS) is 1. The van der Waals surface area contributed by atoms with E-state index in [1.807, 2.05) is 16.7 Å². The van der Waals surface area contributed by atoms with Crippen molar-refractivity contribution in [1.29, 1.82) is 0 Å². The van der Waals surface area contributed by atoms with Gasteiger partial charge < -0.3 is 9.84 Å². The van der Waals surface area contributed by atoms with Gasteiger partial charge in [0.15, 0.2) is 5.82 Å². The number of benzene rings is 2. The third kappa shape index (κ3) is 4.33. The molecule has 5 rings (SSSR count). The van der Waals surface area contributed by atoms with Crippen LogP contribution in [0, 0.1) is 18.1 Å². The highest BCUT2D eigenvalue weighted by Gasteiger charge is 2.30. The molecule has 0 spiro atoms. The second kappa shape index (κ2) is 8.65. The minimum Gasteiger partial charge on any atom is -0.481 e. The van der Waals surface area contributed by atoms with Crippen molar-refractivity contribution in [2.45, 2.75) is 36.8 Å². The Morgan fingerprint density at radius 1 is 1.25 bits per heavy atom. The summed E-state index contributed by atoms with van der Waals surface area (Å²) in [6.45, 7) is 0.593. The fourth-order valence-corrected chi connectivity index (χ4v) is 4.38. The van der Waals surface area contributed by atoms with E-state index < -0.39 is 5.97 Å². The number of nitrogens with zero attached hydrogens (tertiary/aromatic N) is 3. The van der Waals surface area contributed by atoms with E-state index in [0.29, 0.717) is 17.5 Å². The molecule has 9 heteroatoms. The van der Waals surface area contributed by atoms with Crippen LogP contribution in [-0.2, 0) is 16.1 Å². The maximum Gasteiger partial charge on any atom is 0.313 e. The predicted molar refractivity (Wildman–Crippen MR) is 116 cm³/mol. The molecule has 162 valence electrons. The van der Waals surface area contributed by atoms with Crippen LogP contribution in [0.25, 0.3) is 10.9 Å². The maximum atomic E-state index is 13.1. The minimum atomic E-state index is -0.908. The molecule has 4 aromatic rings. The van der Waals surface area contributed by atoms with E-state index in [9.17, 15) is 9.18 Å². The first-order chi connectivity index (χ1) is 15.5. The molecule has 1 saturated heterocycles. The van der Waals surface area contributed by atoms with Crippen molar-refractivity contribution < 1.29 is 19.0 Å². The van der Waals surface area contributed by atoms with Gasteiger partial charge in [-0.05, 0) is 54.3 Å². The number of aromatic amines is 1. The molecule has 1 fully saturated rings. The molecule has 0 amide bonds. The molecular formula is C23H19FN4O3S. The van der Waals surface area contributed by atoms with Crippen LogP contribution in [0.4, 0.5) is 4.39 Å². The second-order valence-electron chi connectivity index (χ2n) is 7.60. The molecule has 2 atom stereocenters. The Hall–Kier alpha value is -3.35. The molecule has 7 nitrogen and oxygen atoms in total. The fourth-order valence-electron chi connectivity index (χ4n) is 3.85. The molecule has 2 N–H and O–H groups in total. The molecule has 0 aliphatic carbocycles. The Balaban J connectivity index is 1.27. The Bertz CT molecular complexity index is 1250. The number of rotatable bonds is 7. The number of fused-ring (bicyclic) bond motifs is 1. The number of thioether (sulfide) groups is 1. The van der Waals surface area contributed by atoms with Gasteiger partial charge in [0.05, 0.1) is 29.3 Å². The zero-order chi connectivity index (χ0) is 22.1.